The van der Waals surface area contributed by atoms with E-state index in [1.807, 2.05) is 6.92 Å². The van der Waals surface area contributed by atoms with E-state index in [2.05, 4.69) is 10.6 Å². The lowest BCUT2D eigenvalue weighted by Crippen LogP contribution is -2.29. The molecule has 0 radical (unpaired) electrons. The second kappa shape index (κ2) is 9.32. The summed E-state index contributed by atoms with van der Waals surface area (Å²) in [5, 5.41) is 5.72. The summed E-state index contributed by atoms with van der Waals surface area (Å²) >= 11 is 0. The van der Waals surface area contributed by atoms with Gasteiger partial charge in [0.05, 0.1) is 0 Å². The van der Waals surface area contributed by atoms with Crippen molar-refractivity contribution in [2.45, 2.75) is 32.6 Å². The molecule has 13 heavy (non-hydrogen) atoms. The van der Waals surface area contributed by atoms with Crippen molar-refractivity contribution >= 4 is 6.03 Å². The Hall–Kier alpha value is -0.770. The van der Waals surface area contributed by atoms with Gasteiger partial charge in [0, 0.05) is 6.54 Å². The van der Waals surface area contributed by atoms with Crippen molar-refractivity contribution in [1.29, 1.82) is 0 Å². The molecule has 0 aliphatic carbocycles. The Kier molecular flexibility index (Phi) is 8.77. The largest absolute Gasteiger partial charge is 0.352 e. The van der Waals surface area contributed by atoms with Crippen molar-refractivity contribution in [2.24, 2.45) is 5.73 Å². The van der Waals surface area contributed by atoms with Gasteiger partial charge < -0.3 is 16.4 Å². The molecule has 0 saturated carbocycles. The molecule has 1 saturated heterocycles. The Morgan fingerprint density at radius 1 is 1.38 bits per heavy atom. The highest BCUT2D eigenvalue weighted by atomic mass is 16.2. The van der Waals surface area contributed by atoms with E-state index in [0.29, 0.717) is 6.54 Å². The normalized spacial score (nSPS) is 15.5. The molecule has 0 aromatic carbocycles. The SMILES string of the molecule is C1CCNCC1.CCCNC(N)=O. The van der Waals surface area contributed by atoms with Crippen molar-refractivity contribution in [3.8, 4) is 0 Å². The predicted octanol–water partition coefficient (Wildman–Crippen LogP) is 0.825. The lowest BCUT2D eigenvalue weighted by molar-refractivity contribution is 0.249. The fraction of sp³-hybridized carbons (Fsp3) is 0.889. The molecule has 0 atom stereocenters. The number of amides is 2. The van der Waals surface area contributed by atoms with Gasteiger partial charge in [-0.2, -0.15) is 0 Å². The van der Waals surface area contributed by atoms with E-state index in [9.17, 15) is 4.79 Å². The minimum Gasteiger partial charge on any atom is -0.352 e. The molecule has 0 aromatic rings. The summed E-state index contributed by atoms with van der Waals surface area (Å²) in [4.78, 5) is 9.87. The number of hydrogen-bond acceptors (Lipinski definition) is 2. The molecule has 0 aromatic heterocycles. The summed E-state index contributed by atoms with van der Waals surface area (Å²) in [6, 6.07) is -0.443. The highest BCUT2D eigenvalue weighted by Crippen LogP contribution is 1.96. The number of urea groups is 1. The molecule has 4 N–H and O–H groups in total. The van der Waals surface area contributed by atoms with Gasteiger partial charge in [-0.05, 0) is 32.4 Å². The van der Waals surface area contributed by atoms with Crippen molar-refractivity contribution in [3.63, 3.8) is 0 Å². The van der Waals surface area contributed by atoms with Crippen molar-refractivity contribution in [2.75, 3.05) is 19.6 Å². The van der Waals surface area contributed by atoms with E-state index < -0.39 is 6.03 Å². The number of primary amides is 1. The molecule has 4 nitrogen and oxygen atoms in total. The van der Waals surface area contributed by atoms with Gasteiger partial charge in [0.2, 0.25) is 0 Å². The number of piperidine rings is 1. The van der Waals surface area contributed by atoms with Crippen LogP contribution >= 0.6 is 0 Å². The molecule has 1 fully saturated rings. The Labute approximate surface area is 80.3 Å². The molecule has 1 aliphatic rings. The first-order chi connectivity index (χ1) is 6.27. The maximum absolute atomic E-state index is 9.87. The monoisotopic (exact) mass is 187 g/mol. The molecule has 2 amide bonds. The van der Waals surface area contributed by atoms with Crippen LogP contribution in [0.15, 0.2) is 0 Å². The molecule has 1 heterocycles. The third-order valence-corrected chi connectivity index (χ3v) is 1.76. The van der Waals surface area contributed by atoms with E-state index in [4.69, 9.17) is 5.73 Å². The number of carbonyl (C=O) groups excluding carboxylic acids is 1. The summed E-state index contributed by atoms with van der Waals surface area (Å²) in [5.41, 5.74) is 4.73. The fourth-order valence-electron chi connectivity index (χ4n) is 1.05. The first kappa shape index (κ1) is 12.2. The van der Waals surface area contributed by atoms with E-state index in [1.165, 1.54) is 32.4 Å². The zero-order valence-electron chi connectivity index (χ0n) is 8.44. The van der Waals surface area contributed by atoms with Crippen molar-refractivity contribution in [1.82, 2.24) is 10.6 Å². The zero-order chi connectivity index (χ0) is 9.94. The third kappa shape index (κ3) is 11.2. The van der Waals surface area contributed by atoms with Crippen LogP contribution in [0.1, 0.15) is 32.6 Å². The van der Waals surface area contributed by atoms with Gasteiger partial charge in [-0.1, -0.05) is 13.3 Å². The quantitative estimate of drug-likeness (QED) is 0.599. The molecule has 0 bridgehead atoms. The number of hydrogen-bond donors (Lipinski definition) is 3. The first-order valence-corrected chi connectivity index (χ1v) is 5.01. The Balaban J connectivity index is 0.000000223. The topological polar surface area (TPSA) is 67.2 Å². The smallest absolute Gasteiger partial charge is 0.312 e. The van der Waals surface area contributed by atoms with Gasteiger partial charge in [0.25, 0.3) is 0 Å². The molecular weight excluding hydrogens is 166 g/mol. The van der Waals surface area contributed by atoms with Crippen LogP contribution in [-0.2, 0) is 0 Å². The van der Waals surface area contributed by atoms with E-state index in [0.717, 1.165) is 6.42 Å². The Morgan fingerprint density at radius 3 is 2.15 bits per heavy atom. The van der Waals surface area contributed by atoms with Crippen molar-refractivity contribution in [3.05, 3.63) is 0 Å². The van der Waals surface area contributed by atoms with Crippen molar-refractivity contribution < 1.29 is 4.79 Å². The average molecular weight is 187 g/mol. The molecule has 1 rings (SSSR count). The van der Waals surface area contributed by atoms with Gasteiger partial charge in [0.15, 0.2) is 0 Å². The van der Waals surface area contributed by atoms with Crippen LogP contribution in [0.2, 0.25) is 0 Å². The highest BCUT2D eigenvalue weighted by molar-refractivity contribution is 5.71. The fourth-order valence-corrected chi connectivity index (χ4v) is 1.05. The average Bonchev–Trinajstić information content (AvgIpc) is 2.18. The van der Waals surface area contributed by atoms with Crippen LogP contribution in [0.25, 0.3) is 0 Å². The summed E-state index contributed by atoms with van der Waals surface area (Å²) in [5.74, 6) is 0. The zero-order valence-corrected chi connectivity index (χ0v) is 8.44. The van der Waals surface area contributed by atoms with E-state index in [1.54, 1.807) is 0 Å². The van der Waals surface area contributed by atoms with Crippen LogP contribution in [0.4, 0.5) is 4.79 Å². The van der Waals surface area contributed by atoms with Crippen LogP contribution in [0, 0.1) is 0 Å². The molecule has 0 spiro atoms. The van der Waals surface area contributed by atoms with Gasteiger partial charge in [-0.3, -0.25) is 0 Å². The first-order valence-electron chi connectivity index (χ1n) is 5.01. The van der Waals surface area contributed by atoms with Crippen LogP contribution in [0.5, 0.6) is 0 Å². The van der Waals surface area contributed by atoms with Crippen LogP contribution in [-0.4, -0.2) is 25.7 Å². The summed E-state index contributed by atoms with van der Waals surface area (Å²) in [7, 11) is 0. The molecule has 4 heteroatoms. The number of nitrogens with one attached hydrogen (secondary N) is 2. The standard InChI is InChI=1S/C5H11N.C4H10N2O/c1-2-4-6-5-3-1;1-2-3-6-4(5)7/h6H,1-5H2;2-3H2,1H3,(H3,5,6,7). The highest BCUT2D eigenvalue weighted by Gasteiger charge is 1.93. The summed E-state index contributed by atoms with van der Waals surface area (Å²) in [6.45, 7) is 5.14. The number of carbonyl (C=O) groups is 1. The minimum atomic E-state index is -0.443. The van der Waals surface area contributed by atoms with E-state index >= 15 is 0 Å². The maximum atomic E-state index is 9.87. The summed E-state index contributed by atoms with van der Waals surface area (Å²) < 4.78 is 0. The van der Waals surface area contributed by atoms with Crippen LogP contribution < -0.4 is 16.4 Å². The summed E-state index contributed by atoms with van der Waals surface area (Å²) in [6.07, 6.45) is 5.15. The van der Waals surface area contributed by atoms with Crippen LogP contribution in [0.3, 0.4) is 0 Å². The van der Waals surface area contributed by atoms with E-state index in [-0.39, 0.29) is 0 Å². The van der Waals surface area contributed by atoms with Gasteiger partial charge in [0.1, 0.15) is 0 Å². The molecule has 0 unspecified atom stereocenters. The number of rotatable bonds is 2. The lowest BCUT2D eigenvalue weighted by Gasteiger charge is -2.08. The number of nitrogens with two attached hydrogens (primary N) is 1. The Bertz CT molecular complexity index is 113. The molecular formula is C9H21N3O. The maximum Gasteiger partial charge on any atom is 0.312 e. The molecule has 78 valence electrons. The van der Waals surface area contributed by atoms with Gasteiger partial charge in [-0.25, -0.2) is 4.79 Å². The second-order valence-corrected chi connectivity index (χ2v) is 3.10. The Morgan fingerprint density at radius 2 is 2.00 bits per heavy atom. The lowest BCUT2D eigenvalue weighted by atomic mass is 10.2. The predicted molar refractivity (Wildman–Crippen MR) is 54.6 cm³/mol. The second-order valence-electron chi connectivity index (χ2n) is 3.10. The third-order valence-electron chi connectivity index (χ3n) is 1.76. The minimum absolute atomic E-state index is 0.443. The van der Waals surface area contributed by atoms with Gasteiger partial charge >= 0.3 is 6.03 Å². The van der Waals surface area contributed by atoms with Gasteiger partial charge in [-0.15, -0.1) is 0 Å². The molecule has 1 aliphatic heterocycles.